The van der Waals surface area contributed by atoms with E-state index in [-0.39, 0.29) is 30.0 Å². The molecule has 7 N–H and O–H groups in total. The Hall–Kier alpha value is -3.08. The zero-order chi connectivity index (χ0) is 34.8. The molecule has 8 rings (SSSR count). The Kier molecular flexibility index (Phi) is 11.1. The highest BCUT2D eigenvalue weighted by molar-refractivity contribution is 8.76. The third-order valence-corrected chi connectivity index (χ3v) is 12.9. The fourth-order valence-corrected chi connectivity index (χ4v) is 10.2. The Morgan fingerprint density at radius 1 is 1.20 bits per heavy atom. The Balaban J connectivity index is 1.26. The number of nitrogens with one attached hydrogen (secondary N) is 2. The van der Waals surface area contributed by atoms with E-state index in [4.69, 9.17) is 15.5 Å². The lowest BCUT2D eigenvalue weighted by atomic mass is 9.80. The highest BCUT2D eigenvalue weighted by Crippen LogP contribution is 2.44. The Bertz CT molecular complexity index is 1800. The van der Waals surface area contributed by atoms with Gasteiger partial charge in [0.05, 0.1) is 17.8 Å². The van der Waals surface area contributed by atoms with Crippen LogP contribution < -0.4 is 20.7 Å². The van der Waals surface area contributed by atoms with E-state index < -0.39 is 18.4 Å². The molecule has 6 bridgehead atoms. The molecule has 0 saturated heterocycles. The molecule has 0 saturated carbocycles. The molecule has 0 aromatic heterocycles. The fourth-order valence-electron chi connectivity index (χ4n) is 7.79. The number of phenols is 1. The van der Waals surface area contributed by atoms with Crippen LogP contribution in [0, 0.1) is 11.8 Å². The quantitative estimate of drug-likeness (QED) is 0.128. The van der Waals surface area contributed by atoms with Crippen LogP contribution in [0.2, 0.25) is 0 Å². The van der Waals surface area contributed by atoms with Gasteiger partial charge in [-0.15, -0.1) is 0 Å². The smallest absolute Gasteiger partial charge is 0.247 e. The molecule has 2 aromatic rings. The standard InChI is InChI=1S/C39H46N4O5S2/c1-2-3-4-6-26(44)16-27(45)11-9-23-10-14-35(47)38-32(23)22-50-49-21-25-18-42-39(40)29-13-12-28-30(37(25)29)15-24-17-41-33-20-43(19-31(24)33)36(48-38)8-5-7-34(28)46/h10,12-14,17,19,25-26,34,36,39,42,44,46-47H,2-4,6,8-9,11,15-16,18,20-22,40H2,1H3/p+1. The van der Waals surface area contributed by atoms with Crippen LogP contribution in [0.15, 0.2) is 52.8 Å². The Morgan fingerprint density at radius 3 is 2.92 bits per heavy atom. The number of phenolic OH excluding ortho intramolecular Hbond substituents is 1. The number of carbonyl (C=O) groups excluding carboxylic acids is 1. The van der Waals surface area contributed by atoms with Crippen LogP contribution in [0.25, 0.3) is 0 Å². The van der Waals surface area contributed by atoms with Gasteiger partial charge in [0.15, 0.2) is 11.5 Å². The molecule has 9 nitrogen and oxygen atoms in total. The number of carbonyl (C=O) groups is 1. The van der Waals surface area contributed by atoms with E-state index in [9.17, 15) is 20.1 Å². The van der Waals surface area contributed by atoms with E-state index in [1.807, 2.05) is 24.4 Å². The third-order valence-electron chi connectivity index (χ3n) is 10.5. The summed E-state index contributed by atoms with van der Waals surface area (Å²) in [6.07, 6.45) is 7.37. The molecular weight excluding hydrogens is 669 g/mol. The van der Waals surface area contributed by atoms with Crippen LogP contribution in [0.5, 0.6) is 11.5 Å². The molecule has 6 aliphatic rings. The van der Waals surface area contributed by atoms with Gasteiger partial charge in [-0.05, 0) is 52.3 Å². The van der Waals surface area contributed by atoms with Crippen molar-refractivity contribution in [2.75, 3.05) is 18.8 Å². The van der Waals surface area contributed by atoms with Gasteiger partial charge in [0.1, 0.15) is 36.8 Å². The minimum atomic E-state index is -0.980. The first kappa shape index (κ1) is 35.3. The van der Waals surface area contributed by atoms with Gasteiger partial charge in [0, 0.05) is 55.0 Å². The number of quaternary nitrogens is 1. The lowest BCUT2D eigenvalue weighted by Crippen LogP contribution is -3.12. The molecule has 6 unspecified atom stereocenters. The number of Topliss-reactive ketones (excluding diaryl/α,β-unsaturated/α-hetero) is 1. The van der Waals surface area contributed by atoms with Crippen molar-refractivity contribution in [3.63, 3.8) is 0 Å². The van der Waals surface area contributed by atoms with Gasteiger partial charge in [-0.2, -0.15) is 0 Å². The molecule has 0 spiro atoms. The minimum Gasteiger partial charge on any atom is -0.504 e. The van der Waals surface area contributed by atoms with Crippen molar-refractivity contribution >= 4 is 33.1 Å². The van der Waals surface area contributed by atoms with E-state index in [1.54, 1.807) is 27.7 Å². The summed E-state index contributed by atoms with van der Waals surface area (Å²) in [6.45, 7) is 3.46. The van der Waals surface area contributed by atoms with Crippen molar-refractivity contribution in [1.82, 2.24) is 5.32 Å². The number of benzene rings is 2. The predicted octanol–water partition coefficient (Wildman–Crippen LogP) is 4.27. The SMILES string of the molecule is CCCCCC(O)CC(=O)CCc1ccc(O)c2c1CSSCC1CNC(N)c3ccc4c(c31)CC1=CN=C3C[NH+](C=C13)C(CC#CC4O)O2. The summed E-state index contributed by atoms with van der Waals surface area (Å²) in [4.78, 5) is 18.9. The normalized spacial score (nSPS) is 25.8. The van der Waals surface area contributed by atoms with Crippen LogP contribution in [0.4, 0.5) is 0 Å². The summed E-state index contributed by atoms with van der Waals surface area (Å²) in [7, 11) is 3.48. The number of hydrogen-bond donors (Lipinski definition) is 6. The second kappa shape index (κ2) is 15.7. The predicted molar refractivity (Wildman–Crippen MR) is 199 cm³/mol. The molecule has 50 heavy (non-hydrogen) atoms. The van der Waals surface area contributed by atoms with E-state index >= 15 is 0 Å². The maximum absolute atomic E-state index is 13.0. The zero-order valence-electron chi connectivity index (χ0n) is 28.5. The van der Waals surface area contributed by atoms with Crippen molar-refractivity contribution < 1.29 is 29.8 Å². The number of aryl methyl sites for hydroxylation is 1. The number of hydrogen-bond acceptors (Lipinski definition) is 10. The molecule has 6 aliphatic heterocycles. The molecule has 0 radical (unpaired) electrons. The lowest BCUT2D eigenvalue weighted by Gasteiger charge is -2.34. The van der Waals surface area contributed by atoms with Gasteiger partial charge in [-0.3, -0.25) is 20.0 Å². The molecular formula is C39H47N4O5S2+. The average molecular weight is 716 g/mol. The fraction of sp³-hybridized carbons (Fsp3) is 0.487. The number of nitrogens with zero attached hydrogens (tertiary/aromatic N) is 1. The molecule has 0 amide bonds. The number of ether oxygens (including phenoxy) is 1. The molecule has 11 heteroatoms. The second-order valence-corrected chi connectivity index (χ2v) is 16.5. The molecule has 264 valence electrons. The number of unbranched alkanes of at least 4 members (excludes halogenated alkanes) is 2. The van der Waals surface area contributed by atoms with E-state index in [2.05, 4.69) is 30.3 Å². The molecule has 0 fully saturated rings. The lowest BCUT2D eigenvalue weighted by molar-refractivity contribution is -0.882. The van der Waals surface area contributed by atoms with Crippen molar-refractivity contribution in [2.45, 2.75) is 101 Å². The average Bonchev–Trinajstić information content (AvgIpc) is 3.68. The number of aromatic hydroxyl groups is 1. The maximum atomic E-state index is 13.0. The number of aliphatic imine (C=N–C) groups is 1. The largest absolute Gasteiger partial charge is 0.504 e. The van der Waals surface area contributed by atoms with E-state index in [0.29, 0.717) is 56.7 Å². The minimum absolute atomic E-state index is 0.0364. The van der Waals surface area contributed by atoms with Crippen molar-refractivity contribution in [2.24, 2.45) is 10.7 Å². The maximum Gasteiger partial charge on any atom is 0.247 e. The summed E-state index contributed by atoms with van der Waals surface area (Å²) in [5.74, 6) is 8.38. The van der Waals surface area contributed by atoms with Crippen molar-refractivity contribution in [3.05, 3.63) is 81.2 Å². The van der Waals surface area contributed by atoms with Gasteiger partial charge in [0.25, 0.3) is 0 Å². The highest BCUT2D eigenvalue weighted by atomic mass is 33.1. The second-order valence-electron chi connectivity index (χ2n) is 14.0. The molecule has 6 atom stereocenters. The third kappa shape index (κ3) is 7.44. The number of fused-ring (bicyclic) bond motifs is 5. The molecule has 2 aromatic carbocycles. The van der Waals surface area contributed by atoms with Gasteiger partial charge in [-0.25, -0.2) is 0 Å². The first-order chi connectivity index (χ1) is 24.3. The number of nitrogens with two attached hydrogens (primary N) is 1. The summed E-state index contributed by atoms with van der Waals surface area (Å²) in [5.41, 5.74) is 15.8. The number of ketones is 1. The Labute approximate surface area is 302 Å². The number of rotatable bonds is 9. The first-order valence-corrected chi connectivity index (χ1v) is 20.4. The summed E-state index contributed by atoms with van der Waals surface area (Å²) < 4.78 is 6.79. The summed E-state index contributed by atoms with van der Waals surface area (Å²) >= 11 is 0. The van der Waals surface area contributed by atoms with Crippen molar-refractivity contribution in [1.29, 1.82) is 0 Å². The van der Waals surface area contributed by atoms with E-state index in [1.165, 1.54) is 5.56 Å². The summed E-state index contributed by atoms with van der Waals surface area (Å²) in [5, 5.41) is 36.8. The molecule has 0 aliphatic carbocycles. The van der Waals surface area contributed by atoms with Crippen LogP contribution in [0.1, 0.15) is 103 Å². The topological polar surface area (TPSA) is 142 Å². The molecule has 6 heterocycles. The van der Waals surface area contributed by atoms with Crippen molar-refractivity contribution in [3.8, 4) is 23.3 Å². The summed E-state index contributed by atoms with van der Waals surface area (Å²) in [6, 6.07) is 7.58. The van der Waals surface area contributed by atoms with Gasteiger partial charge in [-0.1, -0.05) is 77.8 Å². The number of aliphatic hydroxyl groups is 2. The van der Waals surface area contributed by atoms with Crippen LogP contribution >= 0.6 is 21.6 Å². The number of aliphatic hydroxyl groups excluding tert-OH is 2. The monoisotopic (exact) mass is 715 g/mol. The number of allylic oxidation sites excluding steroid dienone is 1. The highest BCUT2D eigenvalue weighted by Gasteiger charge is 2.38. The zero-order valence-corrected chi connectivity index (χ0v) is 30.2. The van der Waals surface area contributed by atoms with Gasteiger partial charge in [0.2, 0.25) is 6.23 Å². The van der Waals surface area contributed by atoms with Crippen LogP contribution in [0.3, 0.4) is 0 Å². The van der Waals surface area contributed by atoms with Gasteiger partial charge < -0.3 is 25.8 Å². The van der Waals surface area contributed by atoms with Gasteiger partial charge >= 0.3 is 0 Å². The Morgan fingerprint density at radius 2 is 2.06 bits per heavy atom. The first-order valence-electron chi connectivity index (χ1n) is 17.9. The van der Waals surface area contributed by atoms with Crippen LogP contribution in [-0.2, 0) is 23.4 Å². The van der Waals surface area contributed by atoms with E-state index in [0.717, 1.165) is 74.6 Å². The van der Waals surface area contributed by atoms with Crippen LogP contribution in [-0.4, -0.2) is 58.0 Å².